The van der Waals surface area contributed by atoms with E-state index in [0.717, 1.165) is 11.8 Å². The van der Waals surface area contributed by atoms with E-state index < -0.39 is 6.67 Å². The lowest BCUT2D eigenvalue weighted by Crippen LogP contribution is -1.96. The summed E-state index contributed by atoms with van der Waals surface area (Å²) in [7, 11) is 0. The maximum absolute atomic E-state index is 13.5. The molecule has 7 heteroatoms. The van der Waals surface area contributed by atoms with Crippen LogP contribution in [0.1, 0.15) is 21.5 Å². The molecule has 0 amide bonds. The van der Waals surface area contributed by atoms with Crippen LogP contribution in [-0.2, 0) is 6.67 Å². The van der Waals surface area contributed by atoms with Crippen molar-refractivity contribution in [1.29, 1.82) is 0 Å². The van der Waals surface area contributed by atoms with Crippen LogP contribution in [0, 0.1) is 6.92 Å². The number of azo groups is 1. The predicted molar refractivity (Wildman–Crippen MR) is 138 cm³/mol. The van der Waals surface area contributed by atoms with Crippen LogP contribution < -0.4 is 0 Å². The van der Waals surface area contributed by atoms with E-state index in [1.807, 2.05) is 43.3 Å². The highest BCUT2D eigenvalue weighted by Crippen LogP contribution is 2.43. The lowest BCUT2D eigenvalue weighted by molar-refractivity contribution is 0.112. The van der Waals surface area contributed by atoms with Gasteiger partial charge in [0.15, 0.2) is 11.4 Å². The molecule has 5 rings (SSSR count). The van der Waals surface area contributed by atoms with Gasteiger partial charge in [-0.05, 0) is 53.9 Å². The molecule has 0 saturated heterocycles. The van der Waals surface area contributed by atoms with Crippen LogP contribution in [0.3, 0.4) is 0 Å². The molecule has 0 radical (unpaired) electrons. The van der Waals surface area contributed by atoms with Crippen molar-refractivity contribution >= 4 is 28.6 Å². The smallest absolute Gasteiger partial charge is 0.225 e. The highest BCUT2D eigenvalue weighted by Gasteiger charge is 2.19. The Morgan fingerprint density at radius 1 is 0.917 bits per heavy atom. The molecule has 0 unspecified atom stereocenters. The Morgan fingerprint density at radius 2 is 1.72 bits per heavy atom. The Labute approximate surface area is 206 Å². The Bertz CT molecular complexity index is 1640. The van der Waals surface area contributed by atoms with Crippen molar-refractivity contribution in [2.75, 3.05) is 0 Å². The molecule has 0 spiro atoms. The van der Waals surface area contributed by atoms with Crippen LogP contribution in [0.2, 0.25) is 0 Å². The van der Waals surface area contributed by atoms with Gasteiger partial charge in [-0.3, -0.25) is 9.36 Å². The standard InChI is InChI=1S/C29H22FN3O3/c1-18-12-13-22(15-21(18)16-30)33-26-11-3-2-8-24(26)27(29(33)36)32-31-25-10-5-9-23(28(25)35)20-7-4-6-19(14-20)17-34/h2-15,17,35-36H,16H2,1H3. The number of aromatic hydroxyl groups is 2. The minimum Gasteiger partial charge on any atom is -0.505 e. The molecule has 0 aliphatic carbocycles. The number of benzene rings is 4. The van der Waals surface area contributed by atoms with Gasteiger partial charge in [-0.1, -0.05) is 54.6 Å². The second-order valence-corrected chi connectivity index (χ2v) is 8.39. The number of carbonyl (C=O) groups excluding carboxylic acids is 1. The summed E-state index contributed by atoms with van der Waals surface area (Å²) in [5.74, 6) is -0.249. The minimum absolute atomic E-state index is 0.0985. The van der Waals surface area contributed by atoms with E-state index in [4.69, 9.17) is 0 Å². The number of aryl methyl sites for hydroxylation is 1. The number of phenolic OH excluding ortho intramolecular Hbond substituents is 1. The number of aromatic nitrogens is 1. The van der Waals surface area contributed by atoms with Crippen molar-refractivity contribution < 1.29 is 19.4 Å². The Hall–Kier alpha value is -4.78. The molecule has 0 aliphatic heterocycles. The molecule has 0 fully saturated rings. The number of nitrogens with zero attached hydrogens (tertiary/aromatic N) is 3. The fraction of sp³-hybridized carbons (Fsp3) is 0.0690. The molecule has 36 heavy (non-hydrogen) atoms. The Morgan fingerprint density at radius 3 is 2.53 bits per heavy atom. The van der Waals surface area contributed by atoms with Gasteiger partial charge in [0.25, 0.3) is 0 Å². The largest absolute Gasteiger partial charge is 0.505 e. The summed E-state index contributed by atoms with van der Waals surface area (Å²) in [4.78, 5) is 11.2. The van der Waals surface area contributed by atoms with Crippen molar-refractivity contribution in [2.24, 2.45) is 10.2 Å². The molecule has 0 saturated carbocycles. The van der Waals surface area contributed by atoms with E-state index >= 15 is 0 Å². The number of hydrogen-bond donors (Lipinski definition) is 2. The maximum atomic E-state index is 13.5. The van der Waals surface area contributed by atoms with Crippen molar-refractivity contribution in [3.05, 3.63) is 102 Å². The first-order chi connectivity index (χ1) is 17.5. The molecule has 0 atom stereocenters. The number of aldehydes is 1. The molecule has 1 heterocycles. The van der Waals surface area contributed by atoms with E-state index in [1.165, 1.54) is 0 Å². The summed E-state index contributed by atoms with van der Waals surface area (Å²) in [6.45, 7) is 1.22. The molecule has 4 aromatic carbocycles. The van der Waals surface area contributed by atoms with Gasteiger partial charge in [0.05, 0.1) is 5.52 Å². The zero-order valence-corrected chi connectivity index (χ0v) is 19.4. The molecule has 2 N–H and O–H groups in total. The van der Waals surface area contributed by atoms with Crippen LogP contribution in [0.4, 0.5) is 15.8 Å². The summed E-state index contributed by atoms with van der Waals surface area (Å²) in [6.07, 6.45) is 0.743. The minimum atomic E-state index is -0.614. The summed E-state index contributed by atoms with van der Waals surface area (Å²) >= 11 is 0. The molecule has 0 bridgehead atoms. The van der Waals surface area contributed by atoms with Crippen LogP contribution in [0.15, 0.2) is 95.2 Å². The van der Waals surface area contributed by atoms with Gasteiger partial charge in [-0.15, -0.1) is 10.2 Å². The summed E-state index contributed by atoms with van der Waals surface area (Å²) in [6, 6.07) is 24.6. The van der Waals surface area contributed by atoms with E-state index in [-0.39, 0.29) is 23.0 Å². The van der Waals surface area contributed by atoms with Crippen LogP contribution in [0.5, 0.6) is 11.6 Å². The Balaban J connectivity index is 1.61. The third kappa shape index (κ3) is 4.01. The van der Waals surface area contributed by atoms with Gasteiger partial charge < -0.3 is 10.2 Å². The lowest BCUT2D eigenvalue weighted by atomic mass is 10.0. The van der Waals surface area contributed by atoms with Gasteiger partial charge in [-0.2, -0.15) is 0 Å². The van der Waals surface area contributed by atoms with Crippen molar-refractivity contribution in [2.45, 2.75) is 13.6 Å². The fourth-order valence-corrected chi connectivity index (χ4v) is 4.24. The topological polar surface area (TPSA) is 87.2 Å². The number of para-hydroxylation sites is 2. The van der Waals surface area contributed by atoms with Crippen LogP contribution in [0.25, 0.3) is 27.7 Å². The van der Waals surface area contributed by atoms with Gasteiger partial charge in [0.2, 0.25) is 5.88 Å². The molecular formula is C29H22FN3O3. The summed E-state index contributed by atoms with van der Waals surface area (Å²) in [5, 5.41) is 31.2. The Kier molecular flexibility index (Phi) is 6.04. The highest BCUT2D eigenvalue weighted by molar-refractivity contribution is 5.96. The highest BCUT2D eigenvalue weighted by atomic mass is 19.1. The average molecular weight is 480 g/mol. The third-order valence-corrected chi connectivity index (χ3v) is 6.16. The second-order valence-electron chi connectivity index (χ2n) is 8.39. The van der Waals surface area contributed by atoms with E-state index in [0.29, 0.717) is 38.8 Å². The summed E-state index contributed by atoms with van der Waals surface area (Å²) < 4.78 is 15.1. The number of rotatable bonds is 6. The number of alkyl halides is 1. The number of fused-ring (bicyclic) bond motifs is 1. The van der Waals surface area contributed by atoms with Crippen molar-refractivity contribution in [3.8, 4) is 28.4 Å². The number of hydrogen-bond acceptors (Lipinski definition) is 5. The fourth-order valence-electron chi connectivity index (χ4n) is 4.24. The van der Waals surface area contributed by atoms with E-state index in [9.17, 15) is 19.4 Å². The van der Waals surface area contributed by atoms with E-state index in [2.05, 4.69) is 10.2 Å². The van der Waals surface area contributed by atoms with Crippen LogP contribution >= 0.6 is 0 Å². The first kappa shape index (κ1) is 23.0. The number of carbonyl (C=O) groups is 1. The van der Waals surface area contributed by atoms with Gasteiger partial charge >= 0.3 is 0 Å². The van der Waals surface area contributed by atoms with Gasteiger partial charge in [-0.25, -0.2) is 4.39 Å². The van der Waals surface area contributed by atoms with Crippen molar-refractivity contribution in [1.82, 2.24) is 4.57 Å². The normalized spacial score (nSPS) is 11.4. The molecule has 178 valence electrons. The third-order valence-electron chi connectivity index (χ3n) is 6.16. The average Bonchev–Trinajstić information content (AvgIpc) is 3.19. The summed E-state index contributed by atoms with van der Waals surface area (Å²) in [5.41, 5.74) is 4.72. The van der Waals surface area contributed by atoms with Crippen molar-refractivity contribution in [3.63, 3.8) is 0 Å². The predicted octanol–water partition coefficient (Wildman–Crippen LogP) is 7.71. The molecule has 6 nitrogen and oxygen atoms in total. The molecule has 1 aromatic heterocycles. The maximum Gasteiger partial charge on any atom is 0.225 e. The monoisotopic (exact) mass is 479 g/mol. The second kappa shape index (κ2) is 9.46. The first-order valence-electron chi connectivity index (χ1n) is 11.3. The van der Waals surface area contributed by atoms with E-state index in [1.54, 1.807) is 53.1 Å². The molecule has 0 aliphatic rings. The van der Waals surface area contributed by atoms with Gasteiger partial charge in [0, 0.05) is 22.2 Å². The van der Waals surface area contributed by atoms with Gasteiger partial charge in [0.1, 0.15) is 18.6 Å². The first-order valence-corrected chi connectivity index (χ1v) is 11.3. The SMILES string of the molecule is Cc1ccc(-n2c(O)c(N=Nc3cccc(-c4cccc(C=O)c4)c3O)c3ccccc32)cc1CF. The lowest BCUT2D eigenvalue weighted by Gasteiger charge is -2.10. The number of phenols is 1. The van der Waals surface area contributed by atoms with Crippen LogP contribution in [-0.4, -0.2) is 21.1 Å². The number of halogens is 1. The molecule has 5 aromatic rings. The quantitative estimate of drug-likeness (QED) is 0.193. The molecular weight excluding hydrogens is 457 g/mol. The zero-order chi connectivity index (χ0) is 25.2. The zero-order valence-electron chi connectivity index (χ0n) is 19.4.